The van der Waals surface area contributed by atoms with Crippen LogP contribution in [0.3, 0.4) is 0 Å². The lowest BCUT2D eigenvalue weighted by atomic mass is 9.94. The zero-order valence-corrected chi connectivity index (χ0v) is 15.2. The fraction of sp³-hybridized carbons (Fsp3) is 0.350. The summed E-state index contributed by atoms with van der Waals surface area (Å²) in [6.45, 7) is 0.627. The molecule has 0 heterocycles. The zero-order chi connectivity index (χ0) is 17.3. The summed E-state index contributed by atoms with van der Waals surface area (Å²) in [6.07, 6.45) is 1.83. The van der Waals surface area contributed by atoms with Crippen molar-refractivity contribution >= 4 is 23.2 Å². The van der Waals surface area contributed by atoms with Gasteiger partial charge in [-0.25, -0.2) is 0 Å². The van der Waals surface area contributed by atoms with E-state index in [0.29, 0.717) is 11.6 Å². The number of rotatable bonds is 5. The Labute approximate surface area is 148 Å². The van der Waals surface area contributed by atoms with Crippen LogP contribution in [-0.2, 0) is 16.8 Å². The lowest BCUT2D eigenvalue weighted by Crippen LogP contribution is -2.36. The van der Waals surface area contributed by atoms with Gasteiger partial charge in [0.05, 0.1) is 5.41 Å². The smallest absolute Gasteiger partial charge is 0.233 e. The highest BCUT2D eigenvalue weighted by atomic mass is 35.5. The first kappa shape index (κ1) is 16.8. The number of carbonyl (C=O) groups is 1. The summed E-state index contributed by atoms with van der Waals surface area (Å²) < 4.78 is 0. The van der Waals surface area contributed by atoms with E-state index in [4.69, 9.17) is 11.6 Å². The number of hydrogen-bond donors (Lipinski definition) is 0. The van der Waals surface area contributed by atoms with Gasteiger partial charge in [-0.05, 0) is 48.2 Å². The Kier molecular flexibility index (Phi) is 4.55. The average Bonchev–Trinajstić information content (AvgIpc) is 3.37. The predicted octanol–water partition coefficient (Wildman–Crippen LogP) is 4.10. The molecule has 0 atom stereocenters. The van der Waals surface area contributed by atoms with Crippen LogP contribution in [0.5, 0.6) is 0 Å². The first-order valence-corrected chi connectivity index (χ1v) is 8.58. The van der Waals surface area contributed by atoms with E-state index in [1.807, 2.05) is 50.3 Å². The Morgan fingerprint density at radius 2 is 1.58 bits per heavy atom. The quantitative estimate of drug-likeness (QED) is 0.816. The van der Waals surface area contributed by atoms with Gasteiger partial charge in [-0.3, -0.25) is 4.79 Å². The maximum atomic E-state index is 13.0. The SMILES string of the molecule is CN(Cc1ccc(N(C)C)cc1)C(=O)C1(c2ccc(Cl)cc2)CC1. The molecule has 1 aliphatic carbocycles. The molecule has 3 rings (SSSR count). The first-order valence-electron chi connectivity index (χ1n) is 8.20. The van der Waals surface area contributed by atoms with Crippen molar-refractivity contribution in [2.75, 3.05) is 26.0 Å². The number of nitrogens with zero attached hydrogens (tertiary/aromatic N) is 2. The minimum Gasteiger partial charge on any atom is -0.378 e. The second-order valence-electron chi connectivity index (χ2n) is 6.81. The van der Waals surface area contributed by atoms with E-state index in [1.165, 1.54) is 0 Å². The Balaban J connectivity index is 1.71. The molecule has 1 fully saturated rings. The summed E-state index contributed by atoms with van der Waals surface area (Å²) in [4.78, 5) is 16.9. The van der Waals surface area contributed by atoms with Gasteiger partial charge in [0.1, 0.15) is 0 Å². The summed E-state index contributed by atoms with van der Waals surface area (Å²) in [5.41, 5.74) is 3.03. The number of anilines is 1. The highest BCUT2D eigenvalue weighted by Crippen LogP contribution is 2.49. The molecule has 0 aliphatic heterocycles. The van der Waals surface area contributed by atoms with Crippen LogP contribution in [0.25, 0.3) is 0 Å². The maximum Gasteiger partial charge on any atom is 0.233 e. The summed E-state index contributed by atoms with van der Waals surface area (Å²) in [5.74, 6) is 0.196. The van der Waals surface area contributed by atoms with Gasteiger partial charge in [0.2, 0.25) is 5.91 Å². The molecule has 0 radical (unpaired) electrons. The van der Waals surface area contributed by atoms with Gasteiger partial charge in [-0.15, -0.1) is 0 Å². The largest absolute Gasteiger partial charge is 0.378 e. The van der Waals surface area contributed by atoms with Crippen LogP contribution in [0, 0.1) is 0 Å². The van der Waals surface area contributed by atoms with Gasteiger partial charge in [-0.1, -0.05) is 35.9 Å². The minimum atomic E-state index is -0.344. The molecule has 0 aromatic heterocycles. The van der Waals surface area contributed by atoms with Crippen molar-refractivity contribution in [1.82, 2.24) is 4.90 Å². The zero-order valence-electron chi connectivity index (χ0n) is 14.4. The molecular formula is C20H23ClN2O. The number of amides is 1. The van der Waals surface area contributed by atoms with E-state index in [2.05, 4.69) is 29.2 Å². The van der Waals surface area contributed by atoms with Crippen molar-refractivity contribution in [3.05, 3.63) is 64.7 Å². The number of likely N-dealkylation sites (N-methyl/N-ethyl adjacent to an activating group) is 1. The topological polar surface area (TPSA) is 23.6 Å². The first-order chi connectivity index (χ1) is 11.4. The van der Waals surface area contributed by atoms with E-state index in [9.17, 15) is 4.79 Å². The Bertz CT molecular complexity index is 718. The minimum absolute atomic E-state index is 0.196. The van der Waals surface area contributed by atoms with Crippen LogP contribution >= 0.6 is 11.6 Å². The van der Waals surface area contributed by atoms with Crippen LogP contribution in [-0.4, -0.2) is 32.0 Å². The normalized spacial score (nSPS) is 15.0. The summed E-state index contributed by atoms with van der Waals surface area (Å²) in [6, 6.07) is 16.0. The standard InChI is InChI=1S/C20H23ClN2O/c1-22(2)18-10-4-15(5-11-18)14-23(3)19(24)20(12-13-20)16-6-8-17(21)9-7-16/h4-11H,12-14H2,1-3H3. The van der Waals surface area contributed by atoms with Gasteiger partial charge in [-0.2, -0.15) is 0 Å². The summed E-state index contributed by atoms with van der Waals surface area (Å²) >= 11 is 5.97. The van der Waals surface area contributed by atoms with Crippen molar-refractivity contribution in [2.24, 2.45) is 0 Å². The molecule has 2 aromatic rings. The average molecular weight is 343 g/mol. The molecule has 0 unspecified atom stereocenters. The monoisotopic (exact) mass is 342 g/mol. The molecule has 1 saturated carbocycles. The number of benzene rings is 2. The molecule has 4 heteroatoms. The lowest BCUT2D eigenvalue weighted by molar-refractivity contribution is -0.133. The molecule has 0 saturated heterocycles. The van der Waals surface area contributed by atoms with Crippen molar-refractivity contribution in [2.45, 2.75) is 24.8 Å². The van der Waals surface area contributed by atoms with E-state index in [0.717, 1.165) is 29.7 Å². The van der Waals surface area contributed by atoms with Crippen LogP contribution in [0.2, 0.25) is 5.02 Å². The van der Waals surface area contributed by atoms with Crippen molar-refractivity contribution < 1.29 is 4.79 Å². The molecule has 0 spiro atoms. The maximum absolute atomic E-state index is 13.0. The molecule has 2 aromatic carbocycles. The van der Waals surface area contributed by atoms with Crippen molar-refractivity contribution in [1.29, 1.82) is 0 Å². The second-order valence-corrected chi connectivity index (χ2v) is 7.25. The van der Waals surface area contributed by atoms with Crippen LogP contribution < -0.4 is 4.90 Å². The second kappa shape index (κ2) is 6.48. The number of carbonyl (C=O) groups excluding carboxylic acids is 1. The molecule has 0 N–H and O–H groups in total. The van der Waals surface area contributed by atoms with E-state index >= 15 is 0 Å². The van der Waals surface area contributed by atoms with Crippen LogP contribution in [0.1, 0.15) is 24.0 Å². The highest BCUT2D eigenvalue weighted by molar-refractivity contribution is 6.30. The van der Waals surface area contributed by atoms with Gasteiger partial charge in [0.15, 0.2) is 0 Å². The molecule has 1 aliphatic rings. The van der Waals surface area contributed by atoms with Gasteiger partial charge < -0.3 is 9.80 Å². The molecule has 3 nitrogen and oxygen atoms in total. The molecule has 126 valence electrons. The van der Waals surface area contributed by atoms with Crippen molar-refractivity contribution in [3.63, 3.8) is 0 Å². The molecule has 1 amide bonds. The van der Waals surface area contributed by atoms with Crippen LogP contribution in [0.4, 0.5) is 5.69 Å². The third-order valence-electron chi connectivity index (χ3n) is 4.78. The van der Waals surface area contributed by atoms with E-state index < -0.39 is 0 Å². The van der Waals surface area contributed by atoms with Gasteiger partial charge in [0, 0.05) is 38.4 Å². The summed E-state index contributed by atoms with van der Waals surface area (Å²) in [5, 5.41) is 0.705. The number of halogens is 1. The Hall–Kier alpha value is -2.00. The molecule has 0 bridgehead atoms. The Morgan fingerprint density at radius 3 is 2.08 bits per heavy atom. The van der Waals surface area contributed by atoms with E-state index in [-0.39, 0.29) is 11.3 Å². The fourth-order valence-electron chi connectivity index (χ4n) is 3.13. The predicted molar refractivity (Wildman–Crippen MR) is 99.6 cm³/mol. The fourth-order valence-corrected chi connectivity index (χ4v) is 3.26. The third-order valence-corrected chi connectivity index (χ3v) is 5.03. The van der Waals surface area contributed by atoms with Crippen molar-refractivity contribution in [3.8, 4) is 0 Å². The van der Waals surface area contributed by atoms with E-state index in [1.54, 1.807) is 0 Å². The molecule has 24 heavy (non-hydrogen) atoms. The summed E-state index contributed by atoms with van der Waals surface area (Å²) in [7, 11) is 5.93. The van der Waals surface area contributed by atoms with Gasteiger partial charge in [0.25, 0.3) is 0 Å². The Morgan fingerprint density at radius 1 is 1.00 bits per heavy atom. The number of hydrogen-bond acceptors (Lipinski definition) is 2. The third kappa shape index (κ3) is 3.27. The van der Waals surface area contributed by atoms with Crippen LogP contribution in [0.15, 0.2) is 48.5 Å². The molecular weight excluding hydrogens is 320 g/mol. The lowest BCUT2D eigenvalue weighted by Gasteiger charge is -2.24. The van der Waals surface area contributed by atoms with Gasteiger partial charge >= 0.3 is 0 Å². The highest BCUT2D eigenvalue weighted by Gasteiger charge is 2.52.